The van der Waals surface area contributed by atoms with Gasteiger partial charge in [-0.2, -0.15) is 0 Å². The van der Waals surface area contributed by atoms with Crippen molar-refractivity contribution in [3.05, 3.63) is 36.5 Å². The summed E-state index contributed by atoms with van der Waals surface area (Å²) >= 11 is 0. The van der Waals surface area contributed by atoms with Gasteiger partial charge in [-0.25, -0.2) is 0 Å². The van der Waals surface area contributed by atoms with Crippen LogP contribution < -0.4 is 5.32 Å². The number of aliphatic hydroxyl groups is 2. The van der Waals surface area contributed by atoms with Crippen molar-refractivity contribution in [2.45, 2.75) is 373 Å². The summed E-state index contributed by atoms with van der Waals surface area (Å²) in [5, 5.41) is 23.1. The van der Waals surface area contributed by atoms with Crippen LogP contribution in [0.1, 0.15) is 361 Å². The van der Waals surface area contributed by atoms with E-state index in [4.69, 9.17) is 4.74 Å². The number of hydrogen-bond donors (Lipinski definition) is 3. The molecule has 2 unspecified atom stereocenters. The minimum atomic E-state index is -0.843. The third kappa shape index (κ3) is 59.3. The molecule has 1 amide bonds. The second-order valence-electron chi connectivity index (χ2n) is 22.8. The van der Waals surface area contributed by atoms with Crippen molar-refractivity contribution in [2.24, 2.45) is 0 Å². The molecule has 0 saturated heterocycles. The Morgan fingerprint density at radius 3 is 1.04 bits per heavy atom. The highest BCUT2D eigenvalue weighted by molar-refractivity contribution is 5.76. The van der Waals surface area contributed by atoms with E-state index in [0.717, 1.165) is 51.4 Å². The van der Waals surface area contributed by atoms with Crippen molar-refractivity contribution in [3.63, 3.8) is 0 Å². The maximum absolute atomic E-state index is 12.5. The zero-order valence-corrected chi connectivity index (χ0v) is 49.8. The van der Waals surface area contributed by atoms with Gasteiger partial charge in [-0.15, -0.1) is 0 Å². The lowest BCUT2D eigenvalue weighted by Gasteiger charge is -2.20. The summed E-state index contributed by atoms with van der Waals surface area (Å²) in [6, 6.07) is -0.626. The van der Waals surface area contributed by atoms with E-state index in [9.17, 15) is 19.8 Å². The van der Waals surface area contributed by atoms with Crippen LogP contribution in [0.5, 0.6) is 0 Å². The number of amides is 1. The molecule has 0 fully saturated rings. The molecule has 0 bridgehead atoms. The smallest absolute Gasteiger partial charge is 0.305 e. The molecule has 0 saturated carbocycles. The number of nitrogens with one attached hydrogen (secondary N) is 1. The van der Waals surface area contributed by atoms with Crippen molar-refractivity contribution >= 4 is 11.9 Å². The summed E-state index contributed by atoms with van der Waals surface area (Å²) in [5.41, 5.74) is 0. The average molecular weight is 1040 g/mol. The van der Waals surface area contributed by atoms with E-state index in [2.05, 4.69) is 43.5 Å². The van der Waals surface area contributed by atoms with Crippen LogP contribution in [0.15, 0.2) is 36.5 Å². The van der Waals surface area contributed by atoms with Crippen LogP contribution in [0.25, 0.3) is 0 Å². The number of aliphatic hydroxyl groups excluding tert-OH is 2. The third-order valence-corrected chi connectivity index (χ3v) is 15.4. The molecular weight excluding hydrogens is 911 g/mol. The number of rotatable bonds is 62. The van der Waals surface area contributed by atoms with Crippen molar-refractivity contribution in [1.29, 1.82) is 0 Å². The van der Waals surface area contributed by atoms with Crippen molar-refractivity contribution in [2.75, 3.05) is 13.2 Å². The van der Waals surface area contributed by atoms with Gasteiger partial charge in [-0.1, -0.05) is 320 Å². The quantitative estimate of drug-likeness (QED) is 0.0320. The molecule has 0 radical (unpaired) electrons. The van der Waals surface area contributed by atoms with Gasteiger partial charge in [0.1, 0.15) is 0 Å². The Hall–Kier alpha value is -1.92. The Labute approximate surface area is 462 Å². The van der Waals surface area contributed by atoms with Gasteiger partial charge in [-0.3, -0.25) is 9.59 Å². The average Bonchev–Trinajstić information content (AvgIpc) is 3.40. The largest absolute Gasteiger partial charge is 0.466 e. The summed E-state index contributed by atoms with van der Waals surface area (Å²) in [4.78, 5) is 24.6. The standard InChI is InChI=1S/C68H129NO5/c1-3-5-7-9-11-13-15-17-19-20-31-34-38-42-46-50-54-58-62-68(73)74-63-59-55-51-47-43-39-35-32-29-27-25-23-21-22-24-26-28-30-33-37-41-45-49-53-57-61-67(72)69-65(64-70)66(71)60-56-52-48-44-40-36-18-16-14-12-10-8-6-4-2/h13,15,19-20,56,60,65-66,70-71H,3-12,14,16-18,21-55,57-59,61-64H2,1-2H3,(H,69,72)/b15-13-,20-19-,60-56+. The molecule has 0 aromatic heterocycles. The Morgan fingerprint density at radius 1 is 0.378 bits per heavy atom. The van der Waals surface area contributed by atoms with Gasteiger partial charge in [0.05, 0.1) is 25.4 Å². The van der Waals surface area contributed by atoms with E-state index in [1.165, 1.54) is 283 Å². The van der Waals surface area contributed by atoms with Crippen molar-refractivity contribution < 1.29 is 24.5 Å². The topological polar surface area (TPSA) is 95.9 Å². The first-order valence-electron chi connectivity index (χ1n) is 33.3. The fourth-order valence-electron chi connectivity index (χ4n) is 10.3. The summed E-state index contributed by atoms with van der Waals surface area (Å²) in [6.07, 6.45) is 80.6. The molecule has 0 heterocycles. The molecule has 0 aliphatic carbocycles. The minimum Gasteiger partial charge on any atom is -0.466 e. The first-order chi connectivity index (χ1) is 36.5. The van der Waals surface area contributed by atoms with Gasteiger partial charge < -0.3 is 20.3 Å². The van der Waals surface area contributed by atoms with Gasteiger partial charge in [0.25, 0.3) is 0 Å². The number of esters is 1. The number of carbonyl (C=O) groups is 2. The molecule has 0 rings (SSSR count). The summed E-state index contributed by atoms with van der Waals surface area (Å²) in [7, 11) is 0. The van der Waals surface area contributed by atoms with Gasteiger partial charge in [0.15, 0.2) is 0 Å². The van der Waals surface area contributed by atoms with E-state index < -0.39 is 12.1 Å². The lowest BCUT2D eigenvalue weighted by molar-refractivity contribution is -0.143. The van der Waals surface area contributed by atoms with Gasteiger partial charge in [-0.05, 0) is 64.2 Å². The predicted molar refractivity (Wildman–Crippen MR) is 324 cm³/mol. The second-order valence-corrected chi connectivity index (χ2v) is 22.8. The summed E-state index contributed by atoms with van der Waals surface area (Å²) in [6.45, 7) is 4.90. The van der Waals surface area contributed by atoms with Gasteiger partial charge in [0.2, 0.25) is 5.91 Å². The molecule has 0 aliphatic rings. The first kappa shape index (κ1) is 72.1. The Balaban J connectivity index is 3.37. The fraction of sp³-hybridized carbons (Fsp3) is 0.882. The zero-order valence-electron chi connectivity index (χ0n) is 49.8. The summed E-state index contributed by atoms with van der Waals surface area (Å²) in [5.74, 6) is -0.0562. The van der Waals surface area contributed by atoms with E-state index in [1.807, 2.05) is 6.08 Å². The number of ether oxygens (including phenoxy) is 1. The fourth-order valence-corrected chi connectivity index (χ4v) is 10.3. The molecular formula is C68H129NO5. The number of carbonyl (C=O) groups excluding carboxylic acids is 2. The van der Waals surface area contributed by atoms with Crippen LogP contribution in [-0.4, -0.2) is 47.4 Å². The highest BCUT2D eigenvalue weighted by atomic mass is 16.5. The van der Waals surface area contributed by atoms with Crippen LogP contribution in [0.2, 0.25) is 0 Å². The monoisotopic (exact) mass is 1040 g/mol. The number of allylic oxidation sites excluding steroid dienone is 5. The maximum atomic E-state index is 12.5. The Bertz CT molecular complexity index is 1200. The first-order valence-corrected chi connectivity index (χ1v) is 33.3. The SMILES string of the molecule is CCCCCC/C=C\C/C=C\CCCCCCCCCC(=O)OCCCCCCCCCCCCCCCCCCCCCCCCCCCC(=O)NC(CO)C(O)/C=C/CCCCCCCCCCCCCC. The van der Waals surface area contributed by atoms with Gasteiger partial charge >= 0.3 is 5.97 Å². The Morgan fingerprint density at radius 2 is 0.676 bits per heavy atom. The molecule has 0 aromatic carbocycles. The van der Waals surface area contributed by atoms with E-state index in [0.29, 0.717) is 19.4 Å². The number of hydrogen-bond acceptors (Lipinski definition) is 5. The molecule has 6 nitrogen and oxygen atoms in total. The summed E-state index contributed by atoms with van der Waals surface area (Å²) < 4.78 is 5.50. The number of unbranched alkanes of at least 4 members (excludes halogenated alkanes) is 47. The lowest BCUT2D eigenvalue weighted by atomic mass is 10.0. The third-order valence-electron chi connectivity index (χ3n) is 15.4. The molecule has 2 atom stereocenters. The van der Waals surface area contributed by atoms with E-state index >= 15 is 0 Å². The normalized spacial score (nSPS) is 12.8. The lowest BCUT2D eigenvalue weighted by Crippen LogP contribution is -2.45. The van der Waals surface area contributed by atoms with Gasteiger partial charge in [0, 0.05) is 12.8 Å². The minimum absolute atomic E-state index is 0.00883. The molecule has 0 spiro atoms. The molecule has 0 aromatic rings. The second kappa shape index (κ2) is 63.6. The Kier molecular flexibility index (Phi) is 62.0. The molecule has 6 heteroatoms. The van der Waals surface area contributed by atoms with Crippen LogP contribution in [0.4, 0.5) is 0 Å². The highest BCUT2D eigenvalue weighted by Crippen LogP contribution is 2.18. The molecule has 0 aliphatic heterocycles. The molecule has 74 heavy (non-hydrogen) atoms. The van der Waals surface area contributed by atoms with Crippen LogP contribution in [0, 0.1) is 0 Å². The molecule has 436 valence electrons. The van der Waals surface area contributed by atoms with Crippen LogP contribution in [0.3, 0.4) is 0 Å². The van der Waals surface area contributed by atoms with E-state index in [-0.39, 0.29) is 18.5 Å². The van der Waals surface area contributed by atoms with Crippen LogP contribution >= 0.6 is 0 Å². The highest BCUT2D eigenvalue weighted by Gasteiger charge is 2.18. The zero-order chi connectivity index (χ0) is 53.6. The van der Waals surface area contributed by atoms with E-state index in [1.54, 1.807) is 6.08 Å². The molecule has 3 N–H and O–H groups in total. The maximum Gasteiger partial charge on any atom is 0.305 e. The van der Waals surface area contributed by atoms with Crippen LogP contribution in [-0.2, 0) is 14.3 Å². The van der Waals surface area contributed by atoms with Crippen molar-refractivity contribution in [1.82, 2.24) is 5.32 Å². The predicted octanol–water partition coefficient (Wildman–Crippen LogP) is 21.1. The van der Waals surface area contributed by atoms with Crippen molar-refractivity contribution in [3.8, 4) is 0 Å².